The van der Waals surface area contributed by atoms with E-state index in [9.17, 15) is 9.90 Å². The monoisotopic (exact) mass is 356 g/mol. The third kappa shape index (κ3) is 4.11. The zero-order chi connectivity index (χ0) is 15.4. The van der Waals surface area contributed by atoms with Gasteiger partial charge in [-0.2, -0.15) is 0 Å². The molecule has 4 N–H and O–H groups in total. The van der Waals surface area contributed by atoms with Crippen LogP contribution in [0.3, 0.4) is 0 Å². The molecule has 1 amide bonds. The summed E-state index contributed by atoms with van der Waals surface area (Å²) in [4.78, 5) is 11.1. The average Bonchev–Trinajstić information content (AvgIpc) is 2.48. The number of amides is 1. The molecule has 116 valence electrons. The topological polar surface area (TPSA) is 84.6 Å². The zero-order valence-electron chi connectivity index (χ0n) is 12.1. The number of nitrogens with one attached hydrogen (secondary N) is 1. The molecule has 5 nitrogen and oxygen atoms in total. The standard InChI is InChI=1S/C15H21BrN2O3/c1-21-13-7-9(6-12(16)14(13)19)8-18-11-4-2-10(3-5-11)15(17)20/h6-7,10-11,18-19H,2-5,8H2,1H3,(H2,17,20). The molecule has 1 aliphatic carbocycles. The van der Waals surface area contributed by atoms with E-state index >= 15 is 0 Å². The van der Waals surface area contributed by atoms with Crippen molar-refractivity contribution in [2.24, 2.45) is 11.7 Å². The average molecular weight is 357 g/mol. The Morgan fingerprint density at radius 1 is 1.43 bits per heavy atom. The Balaban J connectivity index is 1.89. The molecular formula is C15H21BrN2O3. The number of carbonyl (C=O) groups is 1. The van der Waals surface area contributed by atoms with Crippen molar-refractivity contribution in [3.8, 4) is 11.5 Å². The van der Waals surface area contributed by atoms with Gasteiger partial charge in [0.05, 0.1) is 11.6 Å². The van der Waals surface area contributed by atoms with Gasteiger partial charge in [0, 0.05) is 18.5 Å². The normalized spacial score (nSPS) is 22.0. The fraction of sp³-hybridized carbons (Fsp3) is 0.533. The van der Waals surface area contributed by atoms with Gasteiger partial charge in [-0.15, -0.1) is 0 Å². The second-order valence-corrected chi connectivity index (χ2v) is 6.31. The maximum Gasteiger partial charge on any atom is 0.220 e. The minimum Gasteiger partial charge on any atom is -0.503 e. The number of phenolic OH excluding ortho intramolecular Hbond substituents is 1. The Kier molecular flexibility index (Phi) is 5.47. The number of carbonyl (C=O) groups excluding carboxylic acids is 1. The highest BCUT2D eigenvalue weighted by Crippen LogP contribution is 2.35. The van der Waals surface area contributed by atoms with Gasteiger partial charge in [-0.05, 0) is 59.3 Å². The molecule has 0 heterocycles. The maximum absolute atomic E-state index is 11.1. The molecule has 0 atom stereocenters. The number of phenols is 1. The van der Waals surface area contributed by atoms with Crippen LogP contribution in [0, 0.1) is 5.92 Å². The number of primary amides is 1. The largest absolute Gasteiger partial charge is 0.503 e. The Morgan fingerprint density at radius 2 is 2.10 bits per heavy atom. The molecule has 1 fully saturated rings. The first-order valence-electron chi connectivity index (χ1n) is 7.09. The Morgan fingerprint density at radius 3 is 2.67 bits per heavy atom. The van der Waals surface area contributed by atoms with Crippen LogP contribution < -0.4 is 15.8 Å². The number of hydrogen-bond acceptors (Lipinski definition) is 4. The highest BCUT2D eigenvalue weighted by atomic mass is 79.9. The van der Waals surface area contributed by atoms with Gasteiger partial charge in [0.2, 0.25) is 5.91 Å². The van der Waals surface area contributed by atoms with E-state index in [4.69, 9.17) is 10.5 Å². The molecular weight excluding hydrogens is 336 g/mol. The van der Waals surface area contributed by atoms with Gasteiger partial charge in [-0.3, -0.25) is 4.79 Å². The number of nitrogens with two attached hydrogens (primary N) is 1. The van der Waals surface area contributed by atoms with E-state index in [0.29, 0.717) is 22.8 Å². The fourth-order valence-corrected chi connectivity index (χ4v) is 3.22. The first-order chi connectivity index (χ1) is 10.0. The number of rotatable bonds is 5. The van der Waals surface area contributed by atoms with Crippen molar-refractivity contribution in [1.82, 2.24) is 5.32 Å². The van der Waals surface area contributed by atoms with E-state index in [0.717, 1.165) is 31.2 Å². The summed E-state index contributed by atoms with van der Waals surface area (Å²) in [5.41, 5.74) is 6.37. The molecule has 6 heteroatoms. The van der Waals surface area contributed by atoms with E-state index in [1.165, 1.54) is 7.11 Å². The van der Waals surface area contributed by atoms with Crippen molar-refractivity contribution in [3.63, 3.8) is 0 Å². The number of hydrogen-bond donors (Lipinski definition) is 3. The van der Waals surface area contributed by atoms with E-state index < -0.39 is 0 Å². The van der Waals surface area contributed by atoms with Crippen LogP contribution in [-0.4, -0.2) is 24.2 Å². The third-order valence-corrected chi connectivity index (χ3v) is 4.64. The fourth-order valence-electron chi connectivity index (χ4n) is 2.73. The highest BCUT2D eigenvalue weighted by molar-refractivity contribution is 9.10. The lowest BCUT2D eigenvalue weighted by molar-refractivity contribution is -0.122. The van der Waals surface area contributed by atoms with E-state index in [2.05, 4.69) is 21.2 Å². The predicted molar refractivity (Wildman–Crippen MR) is 84.1 cm³/mol. The summed E-state index contributed by atoms with van der Waals surface area (Å²) in [5, 5.41) is 13.3. The van der Waals surface area contributed by atoms with Crippen LogP contribution in [0.1, 0.15) is 31.2 Å². The molecule has 0 spiro atoms. The molecule has 1 aromatic rings. The van der Waals surface area contributed by atoms with Crippen molar-refractivity contribution in [2.45, 2.75) is 38.3 Å². The summed E-state index contributed by atoms with van der Waals surface area (Å²) in [6.45, 7) is 0.696. The summed E-state index contributed by atoms with van der Waals surface area (Å²) in [6, 6.07) is 4.10. The van der Waals surface area contributed by atoms with Gasteiger partial charge >= 0.3 is 0 Å². The van der Waals surface area contributed by atoms with Crippen LogP contribution in [0.5, 0.6) is 11.5 Å². The lowest BCUT2D eigenvalue weighted by Gasteiger charge is -2.27. The number of methoxy groups -OCH3 is 1. The number of halogens is 1. The molecule has 2 rings (SSSR count). The van der Waals surface area contributed by atoms with Gasteiger partial charge in [-0.25, -0.2) is 0 Å². The van der Waals surface area contributed by atoms with Crippen LogP contribution >= 0.6 is 15.9 Å². The predicted octanol–water partition coefficient (Wildman–Crippen LogP) is 2.30. The second-order valence-electron chi connectivity index (χ2n) is 5.46. The number of aromatic hydroxyl groups is 1. The van der Waals surface area contributed by atoms with Gasteiger partial charge in [-0.1, -0.05) is 0 Å². The summed E-state index contributed by atoms with van der Waals surface area (Å²) >= 11 is 3.32. The quantitative estimate of drug-likeness (QED) is 0.755. The maximum atomic E-state index is 11.1. The molecule has 1 aliphatic rings. The van der Waals surface area contributed by atoms with E-state index in [-0.39, 0.29) is 17.6 Å². The van der Waals surface area contributed by atoms with Crippen molar-refractivity contribution in [1.29, 1.82) is 0 Å². The lowest BCUT2D eigenvalue weighted by atomic mass is 9.85. The molecule has 1 saturated carbocycles. The third-order valence-electron chi connectivity index (χ3n) is 4.03. The van der Waals surface area contributed by atoms with Crippen molar-refractivity contribution in [2.75, 3.05) is 7.11 Å². The van der Waals surface area contributed by atoms with Gasteiger partial charge in [0.15, 0.2) is 11.5 Å². The van der Waals surface area contributed by atoms with Crippen LogP contribution in [-0.2, 0) is 11.3 Å². The van der Waals surface area contributed by atoms with E-state index in [1.807, 2.05) is 12.1 Å². The molecule has 0 saturated heterocycles. The van der Waals surface area contributed by atoms with Crippen LogP contribution in [0.2, 0.25) is 0 Å². The Labute approximate surface area is 133 Å². The van der Waals surface area contributed by atoms with Crippen molar-refractivity contribution < 1.29 is 14.6 Å². The van der Waals surface area contributed by atoms with Crippen LogP contribution in [0.25, 0.3) is 0 Å². The Hall–Kier alpha value is -1.27. The lowest BCUT2D eigenvalue weighted by Crippen LogP contribution is -2.36. The Bertz CT molecular complexity index is 514. The van der Waals surface area contributed by atoms with Crippen molar-refractivity contribution in [3.05, 3.63) is 22.2 Å². The summed E-state index contributed by atoms with van der Waals surface area (Å²) in [7, 11) is 1.53. The van der Waals surface area contributed by atoms with Gasteiger partial charge in [0.25, 0.3) is 0 Å². The van der Waals surface area contributed by atoms with Crippen LogP contribution in [0.4, 0.5) is 0 Å². The SMILES string of the molecule is COc1cc(CNC2CCC(C(N)=O)CC2)cc(Br)c1O. The zero-order valence-corrected chi connectivity index (χ0v) is 13.6. The summed E-state index contributed by atoms with van der Waals surface area (Å²) < 4.78 is 5.76. The molecule has 1 aromatic carbocycles. The van der Waals surface area contributed by atoms with Gasteiger partial charge in [0.1, 0.15) is 0 Å². The smallest absolute Gasteiger partial charge is 0.220 e. The molecule has 0 unspecified atom stereocenters. The molecule has 0 aromatic heterocycles. The first kappa shape index (κ1) is 16.1. The molecule has 0 radical (unpaired) electrons. The molecule has 21 heavy (non-hydrogen) atoms. The summed E-state index contributed by atoms with van der Waals surface area (Å²) in [5.74, 6) is 0.424. The molecule has 0 bridgehead atoms. The molecule has 0 aliphatic heterocycles. The second kappa shape index (κ2) is 7.13. The minimum absolute atomic E-state index is 0.0333. The van der Waals surface area contributed by atoms with Gasteiger partial charge < -0.3 is 20.9 Å². The van der Waals surface area contributed by atoms with Crippen molar-refractivity contribution >= 4 is 21.8 Å². The highest BCUT2D eigenvalue weighted by Gasteiger charge is 2.24. The minimum atomic E-state index is -0.180. The number of ether oxygens (including phenoxy) is 1. The van der Waals surface area contributed by atoms with E-state index in [1.54, 1.807) is 0 Å². The first-order valence-corrected chi connectivity index (χ1v) is 7.88. The van der Waals surface area contributed by atoms with Crippen LogP contribution in [0.15, 0.2) is 16.6 Å². The summed E-state index contributed by atoms with van der Waals surface area (Å²) in [6.07, 6.45) is 3.64. The number of benzene rings is 1.